The van der Waals surface area contributed by atoms with E-state index in [1.807, 2.05) is 12.1 Å². The van der Waals surface area contributed by atoms with Gasteiger partial charge in [-0.2, -0.15) is 11.8 Å². The summed E-state index contributed by atoms with van der Waals surface area (Å²) >= 11 is 1.78. The number of nitrogens with one attached hydrogen (secondary N) is 1. The van der Waals surface area contributed by atoms with Crippen LogP contribution in [-0.2, 0) is 6.54 Å². The number of hydrogen-bond acceptors (Lipinski definition) is 4. The minimum Gasteiger partial charge on any atom is -0.508 e. The number of rotatable bonds is 7. The van der Waals surface area contributed by atoms with E-state index in [4.69, 9.17) is 5.11 Å². The average molecular weight is 241 g/mol. The van der Waals surface area contributed by atoms with Gasteiger partial charge in [0.2, 0.25) is 0 Å². The van der Waals surface area contributed by atoms with Crippen molar-refractivity contribution >= 4 is 11.8 Å². The second-order valence-electron chi connectivity index (χ2n) is 3.71. The predicted octanol–water partition coefficient (Wildman–Crippen LogP) is 1.60. The number of phenolic OH excluding ortho intramolecular Hbond substituents is 1. The molecule has 0 radical (unpaired) electrons. The van der Waals surface area contributed by atoms with Crippen LogP contribution in [0.15, 0.2) is 24.3 Å². The first-order chi connectivity index (χ1) is 7.76. The SMILES string of the molecule is CSCCC(CO)NCc1cccc(O)c1. The summed E-state index contributed by atoms with van der Waals surface area (Å²) in [6.07, 6.45) is 3.01. The van der Waals surface area contributed by atoms with E-state index in [0.717, 1.165) is 17.7 Å². The smallest absolute Gasteiger partial charge is 0.115 e. The number of aromatic hydroxyl groups is 1. The molecule has 1 rings (SSSR count). The Hall–Kier alpha value is -0.710. The summed E-state index contributed by atoms with van der Waals surface area (Å²) in [5, 5.41) is 21.7. The minimum atomic E-state index is 0.134. The molecule has 0 saturated carbocycles. The molecule has 1 atom stereocenters. The summed E-state index contributed by atoms with van der Waals surface area (Å²) in [7, 11) is 0. The molecule has 0 aliphatic rings. The zero-order valence-electron chi connectivity index (χ0n) is 9.52. The fourth-order valence-corrected chi connectivity index (χ4v) is 1.97. The second kappa shape index (κ2) is 7.54. The average Bonchev–Trinajstić information content (AvgIpc) is 2.29. The Morgan fingerprint density at radius 1 is 1.44 bits per heavy atom. The number of phenols is 1. The van der Waals surface area contributed by atoms with Gasteiger partial charge in [-0.25, -0.2) is 0 Å². The molecule has 0 aliphatic carbocycles. The van der Waals surface area contributed by atoms with E-state index in [-0.39, 0.29) is 18.4 Å². The number of hydrogen-bond donors (Lipinski definition) is 3. The Morgan fingerprint density at radius 3 is 2.88 bits per heavy atom. The van der Waals surface area contributed by atoms with Gasteiger partial charge < -0.3 is 15.5 Å². The lowest BCUT2D eigenvalue weighted by Crippen LogP contribution is -2.32. The third-order valence-electron chi connectivity index (χ3n) is 2.40. The fraction of sp³-hybridized carbons (Fsp3) is 0.500. The Balaban J connectivity index is 2.37. The van der Waals surface area contributed by atoms with Gasteiger partial charge in [-0.15, -0.1) is 0 Å². The topological polar surface area (TPSA) is 52.5 Å². The molecule has 16 heavy (non-hydrogen) atoms. The Bertz CT molecular complexity index is 307. The molecular formula is C12H19NO2S. The number of thioether (sulfide) groups is 1. The van der Waals surface area contributed by atoms with Crippen molar-refractivity contribution in [2.24, 2.45) is 0 Å². The van der Waals surface area contributed by atoms with Crippen LogP contribution in [0.25, 0.3) is 0 Å². The molecule has 90 valence electrons. The van der Waals surface area contributed by atoms with Crippen molar-refractivity contribution in [1.82, 2.24) is 5.32 Å². The van der Waals surface area contributed by atoms with Crippen molar-refractivity contribution in [2.45, 2.75) is 19.0 Å². The molecule has 0 amide bonds. The summed E-state index contributed by atoms with van der Waals surface area (Å²) in [6.45, 7) is 0.827. The van der Waals surface area contributed by atoms with Crippen LogP contribution in [-0.4, -0.2) is 34.9 Å². The van der Waals surface area contributed by atoms with Crippen LogP contribution in [0.2, 0.25) is 0 Å². The van der Waals surface area contributed by atoms with Gasteiger partial charge in [-0.1, -0.05) is 12.1 Å². The van der Waals surface area contributed by atoms with E-state index in [9.17, 15) is 5.11 Å². The molecule has 0 heterocycles. The van der Waals surface area contributed by atoms with Gasteiger partial charge in [0.25, 0.3) is 0 Å². The normalized spacial score (nSPS) is 12.6. The van der Waals surface area contributed by atoms with Crippen LogP contribution in [0.5, 0.6) is 5.75 Å². The van der Waals surface area contributed by atoms with E-state index in [1.165, 1.54) is 0 Å². The fourth-order valence-electron chi connectivity index (χ4n) is 1.45. The molecule has 0 spiro atoms. The highest BCUT2D eigenvalue weighted by Gasteiger charge is 2.05. The lowest BCUT2D eigenvalue weighted by molar-refractivity contribution is 0.239. The van der Waals surface area contributed by atoms with Crippen molar-refractivity contribution in [3.05, 3.63) is 29.8 Å². The molecule has 0 saturated heterocycles. The highest BCUT2D eigenvalue weighted by atomic mass is 32.2. The van der Waals surface area contributed by atoms with Crippen molar-refractivity contribution in [3.63, 3.8) is 0 Å². The summed E-state index contributed by atoms with van der Waals surface area (Å²) in [6, 6.07) is 7.30. The second-order valence-corrected chi connectivity index (χ2v) is 4.70. The molecule has 0 aromatic heterocycles. The van der Waals surface area contributed by atoms with Crippen LogP contribution >= 0.6 is 11.8 Å². The first kappa shape index (κ1) is 13.4. The van der Waals surface area contributed by atoms with Crippen molar-refractivity contribution in [3.8, 4) is 5.75 Å². The van der Waals surface area contributed by atoms with E-state index in [1.54, 1.807) is 23.9 Å². The number of aliphatic hydroxyl groups is 1. The molecular weight excluding hydrogens is 222 g/mol. The molecule has 1 unspecified atom stereocenters. The maximum absolute atomic E-state index is 9.30. The van der Waals surface area contributed by atoms with Gasteiger partial charge in [0.15, 0.2) is 0 Å². The quantitative estimate of drug-likeness (QED) is 0.678. The maximum atomic E-state index is 9.30. The van der Waals surface area contributed by atoms with Crippen LogP contribution in [0, 0.1) is 0 Å². The van der Waals surface area contributed by atoms with Crippen LogP contribution in [0.3, 0.4) is 0 Å². The van der Waals surface area contributed by atoms with E-state index >= 15 is 0 Å². The van der Waals surface area contributed by atoms with Gasteiger partial charge in [0, 0.05) is 12.6 Å². The monoisotopic (exact) mass is 241 g/mol. The van der Waals surface area contributed by atoms with Crippen LogP contribution in [0.4, 0.5) is 0 Å². The Morgan fingerprint density at radius 2 is 2.25 bits per heavy atom. The lowest BCUT2D eigenvalue weighted by Gasteiger charge is -2.15. The van der Waals surface area contributed by atoms with E-state index in [0.29, 0.717) is 6.54 Å². The molecule has 1 aromatic rings. The molecule has 0 fully saturated rings. The Labute approximate surface area is 101 Å². The molecule has 0 aliphatic heterocycles. The molecule has 3 nitrogen and oxygen atoms in total. The Kier molecular flexibility index (Phi) is 6.30. The summed E-state index contributed by atoms with van der Waals surface area (Å²) in [5.74, 6) is 1.32. The minimum absolute atomic E-state index is 0.134. The number of aliphatic hydroxyl groups excluding tert-OH is 1. The van der Waals surface area contributed by atoms with E-state index in [2.05, 4.69) is 11.6 Å². The highest BCUT2D eigenvalue weighted by molar-refractivity contribution is 7.98. The maximum Gasteiger partial charge on any atom is 0.115 e. The first-order valence-corrected chi connectivity index (χ1v) is 6.76. The molecule has 0 bridgehead atoms. The predicted molar refractivity (Wildman–Crippen MR) is 68.8 cm³/mol. The van der Waals surface area contributed by atoms with Crippen LogP contribution in [0.1, 0.15) is 12.0 Å². The third kappa shape index (κ3) is 4.88. The third-order valence-corrected chi connectivity index (χ3v) is 3.04. The standard InChI is InChI=1S/C12H19NO2S/c1-16-6-5-11(9-14)13-8-10-3-2-4-12(15)7-10/h2-4,7,11,13-15H,5-6,8-9H2,1H3. The van der Waals surface area contributed by atoms with E-state index < -0.39 is 0 Å². The summed E-state index contributed by atoms with van der Waals surface area (Å²) in [5.41, 5.74) is 1.03. The number of benzene rings is 1. The largest absolute Gasteiger partial charge is 0.508 e. The van der Waals surface area contributed by atoms with Gasteiger partial charge in [-0.05, 0) is 36.1 Å². The van der Waals surface area contributed by atoms with Gasteiger partial charge >= 0.3 is 0 Å². The molecule has 4 heteroatoms. The first-order valence-electron chi connectivity index (χ1n) is 5.37. The molecule has 1 aromatic carbocycles. The van der Waals surface area contributed by atoms with Crippen molar-refractivity contribution in [2.75, 3.05) is 18.6 Å². The zero-order valence-corrected chi connectivity index (χ0v) is 10.3. The highest BCUT2D eigenvalue weighted by Crippen LogP contribution is 2.11. The zero-order chi connectivity index (χ0) is 11.8. The summed E-state index contributed by atoms with van der Waals surface area (Å²) < 4.78 is 0. The lowest BCUT2D eigenvalue weighted by atomic mass is 10.2. The van der Waals surface area contributed by atoms with Crippen LogP contribution < -0.4 is 5.32 Å². The van der Waals surface area contributed by atoms with Crippen molar-refractivity contribution < 1.29 is 10.2 Å². The van der Waals surface area contributed by atoms with Gasteiger partial charge in [0.05, 0.1) is 6.61 Å². The van der Waals surface area contributed by atoms with Gasteiger partial charge in [-0.3, -0.25) is 0 Å². The summed E-state index contributed by atoms with van der Waals surface area (Å²) in [4.78, 5) is 0. The molecule has 3 N–H and O–H groups in total. The van der Waals surface area contributed by atoms with Gasteiger partial charge in [0.1, 0.15) is 5.75 Å². The van der Waals surface area contributed by atoms with Crippen molar-refractivity contribution in [1.29, 1.82) is 0 Å².